The summed E-state index contributed by atoms with van der Waals surface area (Å²) in [6.07, 6.45) is 1.59. The fourth-order valence-corrected chi connectivity index (χ4v) is 2.22. The summed E-state index contributed by atoms with van der Waals surface area (Å²) < 4.78 is 6.48. The first-order valence-electron chi connectivity index (χ1n) is 4.30. The van der Waals surface area contributed by atoms with E-state index in [0.29, 0.717) is 10.2 Å². The minimum Gasteiger partial charge on any atom is -0.430 e. The molecule has 0 aliphatic rings. The van der Waals surface area contributed by atoms with Gasteiger partial charge in [-0.1, -0.05) is 17.4 Å². The van der Waals surface area contributed by atoms with Crippen molar-refractivity contribution in [2.24, 2.45) is 0 Å². The highest BCUT2D eigenvalue weighted by molar-refractivity contribution is 9.10. The summed E-state index contributed by atoms with van der Waals surface area (Å²) in [6, 6.07) is 5.88. The lowest BCUT2D eigenvalue weighted by atomic mass is 10.2. The number of nitrogens with two attached hydrogens (primary N) is 1. The van der Waals surface area contributed by atoms with Crippen LogP contribution in [0.25, 0.3) is 0 Å². The van der Waals surface area contributed by atoms with Crippen LogP contribution in [0, 0.1) is 6.92 Å². The predicted octanol–water partition coefficient (Wildman–Crippen LogP) is 3.59. The number of rotatable bonds is 2. The molecule has 5 heteroatoms. The van der Waals surface area contributed by atoms with Gasteiger partial charge in [0, 0.05) is 0 Å². The Bertz CT molecular complexity index is 484. The van der Waals surface area contributed by atoms with Crippen molar-refractivity contribution in [2.45, 2.75) is 6.92 Å². The third-order valence-electron chi connectivity index (χ3n) is 1.79. The van der Waals surface area contributed by atoms with E-state index in [1.54, 1.807) is 6.20 Å². The zero-order valence-corrected chi connectivity index (χ0v) is 10.4. The number of benzene rings is 1. The van der Waals surface area contributed by atoms with Gasteiger partial charge >= 0.3 is 0 Å². The maximum atomic E-state index is 5.57. The Morgan fingerprint density at radius 1 is 1.47 bits per heavy atom. The maximum absolute atomic E-state index is 5.57. The highest BCUT2D eigenvalue weighted by Gasteiger charge is 2.05. The molecule has 1 heterocycles. The molecule has 15 heavy (non-hydrogen) atoms. The van der Waals surface area contributed by atoms with Crippen LogP contribution in [0.1, 0.15) is 5.56 Å². The van der Waals surface area contributed by atoms with Crippen LogP contribution in [-0.4, -0.2) is 4.98 Å². The SMILES string of the molecule is Cc1ccc(Oc2ncc(N)s2)c(Br)c1. The van der Waals surface area contributed by atoms with Crippen molar-refractivity contribution in [3.05, 3.63) is 34.4 Å². The van der Waals surface area contributed by atoms with E-state index < -0.39 is 0 Å². The van der Waals surface area contributed by atoms with Crippen LogP contribution >= 0.6 is 27.3 Å². The molecular formula is C10H9BrN2OS. The van der Waals surface area contributed by atoms with Crippen LogP contribution in [0.5, 0.6) is 10.9 Å². The number of anilines is 1. The molecule has 0 spiro atoms. The van der Waals surface area contributed by atoms with Gasteiger partial charge in [-0.15, -0.1) is 0 Å². The lowest BCUT2D eigenvalue weighted by Gasteiger charge is -2.04. The lowest BCUT2D eigenvalue weighted by Crippen LogP contribution is -1.84. The Hall–Kier alpha value is -1.07. The number of aromatic nitrogens is 1. The van der Waals surface area contributed by atoms with Crippen LogP contribution in [0.3, 0.4) is 0 Å². The molecule has 0 bridgehead atoms. The predicted molar refractivity (Wildman–Crippen MR) is 65.5 cm³/mol. The summed E-state index contributed by atoms with van der Waals surface area (Å²) in [7, 11) is 0. The van der Waals surface area contributed by atoms with Crippen LogP contribution < -0.4 is 10.5 Å². The highest BCUT2D eigenvalue weighted by atomic mass is 79.9. The minimum atomic E-state index is 0.553. The smallest absolute Gasteiger partial charge is 0.280 e. The van der Waals surface area contributed by atoms with Gasteiger partial charge < -0.3 is 10.5 Å². The molecule has 0 radical (unpaired) electrons. The number of aryl methyl sites for hydroxylation is 1. The number of halogens is 1. The zero-order chi connectivity index (χ0) is 10.8. The first-order valence-corrected chi connectivity index (χ1v) is 5.91. The maximum Gasteiger partial charge on any atom is 0.280 e. The monoisotopic (exact) mass is 284 g/mol. The molecule has 2 aromatic rings. The molecular weight excluding hydrogens is 276 g/mol. The largest absolute Gasteiger partial charge is 0.430 e. The van der Waals surface area contributed by atoms with Gasteiger partial charge in [0.2, 0.25) is 0 Å². The topological polar surface area (TPSA) is 48.1 Å². The minimum absolute atomic E-state index is 0.553. The Morgan fingerprint density at radius 3 is 2.87 bits per heavy atom. The van der Waals surface area contributed by atoms with Crippen molar-refractivity contribution in [3.63, 3.8) is 0 Å². The quantitative estimate of drug-likeness (QED) is 0.917. The molecule has 0 atom stereocenters. The molecule has 3 nitrogen and oxygen atoms in total. The van der Waals surface area contributed by atoms with E-state index in [4.69, 9.17) is 10.5 Å². The average Bonchev–Trinajstić information content (AvgIpc) is 2.56. The molecule has 0 aliphatic heterocycles. The second kappa shape index (κ2) is 4.20. The molecule has 1 aromatic carbocycles. The van der Waals surface area contributed by atoms with E-state index in [1.165, 1.54) is 16.9 Å². The molecule has 0 fully saturated rings. The van der Waals surface area contributed by atoms with E-state index in [1.807, 2.05) is 25.1 Å². The zero-order valence-electron chi connectivity index (χ0n) is 8.03. The lowest BCUT2D eigenvalue weighted by molar-refractivity contribution is 0.475. The van der Waals surface area contributed by atoms with Crippen molar-refractivity contribution in [1.82, 2.24) is 4.98 Å². The normalized spacial score (nSPS) is 10.3. The van der Waals surface area contributed by atoms with E-state index in [2.05, 4.69) is 20.9 Å². The van der Waals surface area contributed by atoms with Gasteiger partial charge in [0.05, 0.1) is 10.7 Å². The van der Waals surface area contributed by atoms with Crippen LogP contribution in [-0.2, 0) is 0 Å². The Labute approximate surface area is 100 Å². The summed E-state index contributed by atoms with van der Waals surface area (Å²) in [4.78, 5) is 4.03. The molecule has 2 N–H and O–H groups in total. The van der Waals surface area contributed by atoms with E-state index >= 15 is 0 Å². The molecule has 78 valence electrons. The molecule has 2 rings (SSSR count). The first kappa shape index (κ1) is 10.4. The average molecular weight is 285 g/mol. The summed E-state index contributed by atoms with van der Waals surface area (Å²) in [6.45, 7) is 2.02. The van der Waals surface area contributed by atoms with Gasteiger partial charge in [0.15, 0.2) is 0 Å². The van der Waals surface area contributed by atoms with Crippen molar-refractivity contribution in [2.75, 3.05) is 5.73 Å². The van der Waals surface area contributed by atoms with E-state index in [0.717, 1.165) is 10.2 Å². The van der Waals surface area contributed by atoms with Crippen LogP contribution in [0.15, 0.2) is 28.9 Å². The number of ether oxygens (including phenoxy) is 1. The Kier molecular flexibility index (Phi) is 2.93. The molecule has 0 saturated carbocycles. The van der Waals surface area contributed by atoms with Crippen molar-refractivity contribution >= 4 is 32.3 Å². The standard InChI is InChI=1S/C10H9BrN2OS/c1-6-2-3-8(7(11)4-6)14-10-13-5-9(12)15-10/h2-5H,12H2,1H3. The van der Waals surface area contributed by atoms with Gasteiger partial charge in [0.25, 0.3) is 5.19 Å². The summed E-state index contributed by atoms with van der Waals surface area (Å²) in [5.74, 6) is 0.745. The second-order valence-electron chi connectivity index (χ2n) is 3.06. The highest BCUT2D eigenvalue weighted by Crippen LogP contribution is 2.32. The number of thiazole rings is 1. The molecule has 0 saturated heterocycles. The third kappa shape index (κ3) is 2.49. The Morgan fingerprint density at radius 2 is 2.27 bits per heavy atom. The van der Waals surface area contributed by atoms with Gasteiger partial charge in [-0.05, 0) is 40.5 Å². The number of nitrogen functional groups attached to an aromatic ring is 1. The molecule has 0 unspecified atom stereocenters. The first-order chi connectivity index (χ1) is 7.15. The van der Waals surface area contributed by atoms with Crippen molar-refractivity contribution < 1.29 is 4.74 Å². The molecule has 0 amide bonds. The van der Waals surface area contributed by atoms with E-state index in [-0.39, 0.29) is 0 Å². The number of hydrogen-bond acceptors (Lipinski definition) is 4. The summed E-state index contributed by atoms with van der Waals surface area (Å²) in [5.41, 5.74) is 6.73. The van der Waals surface area contributed by atoms with Crippen molar-refractivity contribution in [1.29, 1.82) is 0 Å². The van der Waals surface area contributed by atoms with Gasteiger partial charge in [-0.25, -0.2) is 4.98 Å². The number of hydrogen-bond donors (Lipinski definition) is 1. The second-order valence-corrected chi connectivity index (χ2v) is 4.94. The number of nitrogens with zero attached hydrogens (tertiary/aromatic N) is 1. The van der Waals surface area contributed by atoms with Crippen LogP contribution in [0.4, 0.5) is 5.00 Å². The summed E-state index contributed by atoms with van der Waals surface area (Å²) >= 11 is 4.75. The summed E-state index contributed by atoms with van der Waals surface area (Å²) in [5, 5.41) is 1.20. The van der Waals surface area contributed by atoms with Crippen LogP contribution in [0.2, 0.25) is 0 Å². The van der Waals surface area contributed by atoms with Crippen molar-refractivity contribution in [3.8, 4) is 10.9 Å². The Balaban J connectivity index is 2.24. The van der Waals surface area contributed by atoms with E-state index in [9.17, 15) is 0 Å². The van der Waals surface area contributed by atoms with Gasteiger partial charge in [-0.3, -0.25) is 0 Å². The fraction of sp³-hybridized carbons (Fsp3) is 0.100. The van der Waals surface area contributed by atoms with Gasteiger partial charge in [0.1, 0.15) is 10.8 Å². The fourth-order valence-electron chi connectivity index (χ4n) is 1.10. The third-order valence-corrected chi connectivity index (χ3v) is 3.11. The molecule has 1 aromatic heterocycles. The van der Waals surface area contributed by atoms with Gasteiger partial charge in [-0.2, -0.15) is 0 Å². The molecule has 0 aliphatic carbocycles.